The Bertz CT molecular complexity index is 613. The topological polar surface area (TPSA) is 12.0 Å². The molecule has 2 aromatic carbocycles. The van der Waals surface area contributed by atoms with Crippen LogP contribution in [0.2, 0.25) is 10.0 Å². The molecule has 106 valence electrons. The largest absolute Gasteiger partial charge is 0.313 e. The number of benzene rings is 2. The predicted octanol–water partition coefficient (Wildman–Crippen LogP) is 4.94. The van der Waals surface area contributed by atoms with Crippen LogP contribution in [0.15, 0.2) is 36.4 Å². The van der Waals surface area contributed by atoms with Crippen LogP contribution in [-0.4, -0.2) is 7.05 Å². The lowest BCUT2D eigenvalue weighted by atomic mass is 9.95. The molecule has 0 saturated heterocycles. The van der Waals surface area contributed by atoms with Gasteiger partial charge in [0, 0.05) is 16.1 Å². The van der Waals surface area contributed by atoms with Gasteiger partial charge in [0.15, 0.2) is 0 Å². The molecule has 1 atom stereocenters. The van der Waals surface area contributed by atoms with Crippen LogP contribution < -0.4 is 5.32 Å². The van der Waals surface area contributed by atoms with Crippen molar-refractivity contribution in [3.8, 4) is 0 Å². The highest BCUT2D eigenvalue weighted by Crippen LogP contribution is 2.26. The molecule has 0 aliphatic carbocycles. The van der Waals surface area contributed by atoms with Gasteiger partial charge in [-0.15, -0.1) is 0 Å². The molecule has 4 heteroatoms. The van der Waals surface area contributed by atoms with E-state index in [0.29, 0.717) is 22.0 Å². The van der Waals surface area contributed by atoms with Gasteiger partial charge in [0.1, 0.15) is 5.82 Å². The molecule has 0 aliphatic heterocycles. The zero-order chi connectivity index (χ0) is 14.7. The van der Waals surface area contributed by atoms with Crippen LogP contribution in [-0.2, 0) is 6.42 Å². The normalized spacial score (nSPS) is 12.4. The summed E-state index contributed by atoms with van der Waals surface area (Å²) in [5, 5.41) is 4.35. The van der Waals surface area contributed by atoms with Crippen molar-refractivity contribution in [2.45, 2.75) is 19.4 Å². The average Bonchev–Trinajstić information content (AvgIpc) is 2.39. The van der Waals surface area contributed by atoms with E-state index in [9.17, 15) is 4.39 Å². The number of nitrogens with one attached hydrogen (secondary N) is 1. The molecule has 1 unspecified atom stereocenters. The van der Waals surface area contributed by atoms with Crippen LogP contribution in [0.1, 0.15) is 22.7 Å². The van der Waals surface area contributed by atoms with Crippen molar-refractivity contribution >= 4 is 23.2 Å². The molecular formula is C16H16Cl2FN. The third-order valence-electron chi connectivity index (χ3n) is 3.39. The lowest BCUT2D eigenvalue weighted by Gasteiger charge is -2.19. The molecule has 1 N–H and O–H groups in total. The fourth-order valence-corrected chi connectivity index (χ4v) is 2.69. The minimum atomic E-state index is -0.274. The molecule has 0 aliphatic rings. The number of hydrogen-bond donors (Lipinski definition) is 1. The van der Waals surface area contributed by atoms with Crippen molar-refractivity contribution in [1.29, 1.82) is 0 Å². The van der Waals surface area contributed by atoms with E-state index in [1.807, 2.05) is 32.2 Å². The monoisotopic (exact) mass is 311 g/mol. The number of aryl methyl sites for hydroxylation is 1. The first-order chi connectivity index (χ1) is 9.51. The van der Waals surface area contributed by atoms with E-state index >= 15 is 0 Å². The summed E-state index contributed by atoms with van der Waals surface area (Å²) in [4.78, 5) is 0. The number of rotatable bonds is 4. The highest BCUT2D eigenvalue weighted by atomic mass is 35.5. The fraction of sp³-hybridized carbons (Fsp3) is 0.250. The molecule has 0 heterocycles. The Morgan fingerprint density at radius 1 is 1.10 bits per heavy atom. The lowest BCUT2D eigenvalue weighted by molar-refractivity contribution is 0.553. The van der Waals surface area contributed by atoms with Crippen LogP contribution in [0.4, 0.5) is 4.39 Å². The lowest BCUT2D eigenvalue weighted by Crippen LogP contribution is -2.20. The van der Waals surface area contributed by atoms with Gasteiger partial charge in [-0.3, -0.25) is 0 Å². The summed E-state index contributed by atoms with van der Waals surface area (Å²) in [5.74, 6) is -0.274. The quantitative estimate of drug-likeness (QED) is 0.843. The van der Waals surface area contributed by atoms with Crippen molar-refractivity contribution in [3.05, 3.63) is 69.0 Å². The van der Waals surface area contributed by atoms with Gasteiger partial charge in [-0.05, 0) is 61.3 Å². The van der Waals surface area contributed by atoms with Crippen molar-refractivity contribution < 1.29 is 4.39 Å². The Hall–Kier alpha value is -1.09. The molecule has 0 bridgehead atoms. The van der Waals surface area contributed by atoms with Crippen molar-refractivity contribution in [2.24, 2.45) is 0 Å². The van der Waals surface area contributed by atoms with Gasteiger partial charge in [-0.2, -0.15) is 0 Å². The van der Waals surface area contributed by atoms with Gasteiger partial charge in [0.2, 0.25) is 0 Å². The van der Waals surface area contributed by atoms with Gasteiger partial charge < -0.3 is 5.32 Å². The molecule has 0 spiro atoms. The standard InChI is InChI=1S/C16H16Cl2FN/c1-10-7-12(17)5-6-14(10)16(20-2)8-11-3-4-13(18)9-15(11)19/h3-7,9,16,20H,8H2,1-2H3. The maximum atomic E-state index is 13.9. The second-order valence-electron chi connectivity index (χ2n) is 4.78. The Labute approximate surface area is 128 Å². The summed E-state index contributed by atoms with van der Waals surface area (Å²) in [5.41, 5.74) is 2.85. The number of hydrogen-bond acceptors (Lipinski definition) is 1. The summed E-state index contributed by atoms with van der Waals surface area (Å²) in [7, 11) is 1.87. The zero-order valence-electron chi connectivity index (χ0n) is 11.4. The van der Waals surface area contributed by atoms with E-state index in [0.717, 1.165) is 11.1 Å². The number of likely N-dealkylation sites (N-methyl/N-ethyl adjacent to an activating group) is 1. The first-order valence-electron chi connectivity index (χ1n) is 6.38. The smallest absolute Gasteiger partial charge is 0.127 e. The second-order valence-corrected chi connectivity index (χ2v) is 5.65. The van der Waals surface area contributed by atoms with E-state index in [1.54, 1.807) is 12.1 Å². The third-order valence-corrected chi connectivity index (χ3v) is 3.87. The second kappa shape index (κ2) is 6.57. The molecule has 2 aromatic rings. The van der Waals surface area contributed by atoms with Crippen LogP contribution in [0.3, 0.4) is 0 Å². The van der Waals surface area contributed by atoms with Crippen molar-refractivity contribution in [1.82, 2.24) is 5.32 Å². The van der Waals surface area contributed by atoms with Gasteiger partial charge >= 0.3 is 0 Å². The highest BCUT2D eigenvalue weighted by Gasteiger charge is 2.15. The molecule has 0 amide bonds. The zero-order valence-corrected chi connectivity index (χ0v) is 12.9. The average molecular weight is 312 g/mol. The first-order valence-corrected chi connectivity index (χ1v) is 7.14. The summed E-state index contributed by atoms with van der Waals surface area (Å²) >= 11 is 11.7. The SMILES string of the molecule is CNC(Cc1ccc(Cl)cc1F)c1ccc(Cl)cc1C. The van der Waals surface area contributed by atoms with Gasteiger partial charge in [0.25, 0.3) is 0 Å². The molecule has 2 rings (SSSR count). The van der Waals surface area contributed by atoms with E-state index in [2.05, 4.69) is 5.32 Å². The van der Waals surface area contributed by atoms with Crippen LogP contribution in [0.25, 0.3) is 0 Å². The summed E-state index contributed by atoms with van der Waals surface area (Å²) in [6, 6.07) is 10.6. The van der Waals surface area contributed by atoms with Crippen LogP contribution >= 0.6 is 23.2 Å². The van der Waals surface area contributed by atoms with E-state index in [1.165, 1.54) is 6.07 Å². The molecule has 0 radical (unpaired) electrons. The molecule has 20 heavy (non-hydrogen) atoms. The molecule has 0 aromatic heterocycles. The molecule has 0 saturated carbocycles. The Kier molecular flexibility index (Phi) is 5.03. The van der Waals surface area contributed by atoms with Crippen LogP contribution in [0.5, 0.6) is 0 Å². The minimum absolute atomic E-state index is 0.0305. The number of halogens is 3. The maximum absolute atomic E-state index is 13.9. The maximum Gasteiger partial charge on any atom is 0.127 e. The van der Waals surface area contributed by atoms with Gasteiger partial charge in [-0.25, -0.2) is 4.39 Å². The Morgan fingerprint density at radius 2 is 1.75 bits per heavy atom. The fourth-order valence-electron chi connectivity index (χ4n) is 2.30. The van der Waals surface area contributed by atoms with E-state index < -0.39 is 0 Å². The summed E-state index contributed by atoms with van der Waals surface area (Å²) in [6.45, 7) is 2.00. The molecule has 1 nitrogen and oxygen atoms in total. The highest BCUT2D eigenvalue weighted by molar-refractivity contribution is 6.30. The summed E-state index contributed by atoms with van der Waals surface area (Å²) < 4.78 is 13.9. The Balaban J connectivity index is 2.28. The first kappa shape index (κ1) is 15.3. The summed E-state index contributed by atoms with van der Waals surface area (Å²) in [6.07, 6.45) is 0.558. The third kappa shape index (κ3) is 3.51. The van der Waals surface area contributed by atoms with E-state index in [-0.39, 0.29) is 11.9 Å². The van der Waals surface area contributed by atoms with Crippen molar-refractivity contribution in [3.63, 3.8) is 0 Å². The van der Waals surface area contributed by atoms with E-state index in [4.69, 9.17) is 23.2 Å². The molecule has 0 fully saturated rings. The van der Waals surface area contributed by atoms with Gasteiger partial charge in [0.05, 0.1) is 0 Å². The Morgan fingerprint density at radius 3 is 2.35 bits per heavy atom. The van der Waals surface area contributed by atoms with Crippen LogP contribution in [0, 0.1) is 12.7 Å². The van der Waals surface area contributed by atoms with Crippen molar-refractivity contribution in [2.75, 3.05) is 7.05 Å². The predicted molar refractivity (Wildman–Crippen MR) is 83.1 cm³/mol. The molecular weight excluding hydrogens is 296 g/mol. The van der Waals surface area contributed by atoms with Gasteiger partial charge in [-0.1, -0.05) is 35.3 Å². The minimum Gasteiger partial charge on any atom is -0.313 e.